The Bertz CT molecular complexity index is 654. The molecular weight excluding hydrogens is 323 g/mol. The van der Waals surface area contributed by atoms with Crippen molar-refractivity contribution in [2.45, 2.75) is 37.5 Å². The fraction of sp³-hybridized carbons (Fsp3) is 0.500. The number of rotatable bonds is 3. The van der Waals surface area contributed by atoms with Crippen molar-refractivity contribution in [3.05, 3.63) is 29.8 Å². The van der Waals surface area contributed by atoms with Crippen molar-refractivity contribution in [3.63, 3.8) is 0 Å². The average Bonchev–Trinajstić information content (AvgIpc) is 3.10. The number of halogens is 3. The maximum Gasteiger partial charge on any atom is 0.416 e. The Morgan fingerprint density at radius 1 is 1.29 bits per heavy atom. The highest BCUT2D eigenvalue weighted by Crippen LogP contribution is 2.35. The second kappa shape index (κ2) is 6.08. The largest absolute Gasteiger partial charge is 0.416 e. The summed E-state index contributed by atoms with van der Waals surface area (Å²) in [5.41, 5.74) is -1.23. The fourth-order valence-corrected chi connectivity index (χ4v) is 3.43. The maximum atomic E-state index is 12.7. The molecule has 2 N–H and O–H groups in total. The summed E-state index contributed by atoms with van der Waals surface area (Å²) < 4.78 is 38.1. The van der Waals surface area contributed by atoms with E-state index < -0.39 is 23.3 Å². The van der Waals surface area contributed by atoms with Crippen LogP contribution in [0.3, 0.4) is 0 Å². The second-order valence-electron chi connectivity index (χ2n) is 6.20. The second-order valence-corrected chi connectivity index (χ2v) is 6.20. The van der Waals surface area contributed by atoms with E-state index in [1.54, 1.807) is 0 Å². The molecule has 0 bridgehead atoms. The van der Waals surface area contributed by atoms with Crippen LogP contribution in [0.2, 0.25) is 0 Å². The third-order valence-electron chi connectivity index (χ3n) is 4.59. The van der Waals surface area contributed by atoms with Crippen molar-refractivity contribution in [3.8, 4) is 0 Å². The number of hydrogen-bond donors (Lipinski definition) is 2. The minimum Gasteiger partial charge on any atom is -0.325 e. The van der Waals surface area contributed by atoms with Gasteiger partial charge in [-0.2, -0.15) is 13.2 Å². The number of nitrogens with zero attached hydrogens (tertiary/aromatic N) is 1. The average molecular weight is 341 g/mol. The van der Waals surface area contributed by atoms with Crippen LogP contribution in [0.25, 0.3) is 0 Å². The Balaban J connectivity index is 1.68. The van der Waals surface area contributed by atoms with Crippen LogP contribution < -0.4 is 10.6 Å². The Morgan fingerprint density at radius 2 is 2.00 bits per heavy atom. The first-order chi connectivity index (χ1) is 11.3. The molecule has 1 spiro atoms. The molecule has 24 heavy (non-hydrogen) atoms. The summed E-state index contributed by atoms with van der Waals surface area (Å²) in [6.45, 7) is 0.0267. The molecule has 2 fully saturated rings. The van der Waals surface area contributed by atoms with Gasteiger partial charge in [0, 0.05) is 5.69 Å². The van der Waals surface area contributed by atoms with Gasteiger partial charge in [-0.25, -0.2) is 0 Å². The van der Waals surface area contributed by atoms with E-state index in [1.807, 2.05) is 0 Å². The van der Waals surface area contributed by atoms with Crippen LogP contribution in [-0.2, 0) is 15.8 Å². The lowest BCUT2D eigenvalue weighted by Crippen LogP contribution is -2.52. The van der Waals surface area contributed by atoms with E-state index in [9.17, 15) is 22.8 Å². The zero-order valence-electron chi connectivity index (χ0n) is 12.9. The standard InChI is InChI=1S/C16H18F3N3O2/c17-16(18,19)11-4-3-5-12(8-11)21-13(23)10-22-14(24)9-20-15(22)6-1-2-7-15/h3-5,8,20H,1-2,6-7,9-10H2,(H,21,23). The molecule has 1 aromatic carbocycles. The van der Waals surface area contributed by atoms with Crippen LogP contribution in [0, 0.1) is 0 Å². The monoisotopic (exact) mass is 341 g/mol. The molecular formula is C16H18F3N3O2. The van der Waals surface area contributed by atoms with Crippen molar-refractivity contribution in [1.82, 2.24) is 10.2 Å². The Kier molecular flexibility index (Phi) is 4.25. The van der Waals surface area contributed by atoms with E-state index in [-0.39, 0.29) is 24.7 Å². The molecule has 1 saturated carbocycles. The smallest absolute Gasteiger partial charge is 0.325 e. The summed E-state index contributed by atoms with van der Waals surface area (Å²) in [5, 5.41) is 5.63. The van der Waals surface area contributed by atoms with Gasteiger partial charge in [-0.05, 0) is 43.9 Å². The predicted octanol–water partition coefficient (Wildman–Crippen LogP) is 2.35. The summed E-state index contributed by atoms with van der Waals surface area (Å²) in [5.74, 6) is -0.659. The lowest BCUT2D eigenvalue weighted by molar-refractivity contribution is -0.137. The van der Waals surface area contributed by atoms with Gasteiger partial charge in [0.1, 0.15) is 6.54 Å². The molecule has 0 aromatic heterocycles. The topological polar surface area (TPSA) is 61.4 Å². The van der Waals surface area contributed by atoms with Crippen molar-refractivity contribution < 1.29 is 22.8 Å². The van der Waals surface area contributed by atoms with Gasteiger partial charge in [0.15, 0.2) is 0 Å². The number of anilines is 1. The van der Waals surface area contributed by atoms with Crippen LogP contribution in [0.5, 0.6) is 0 Å². The van der Waals surface area contributed by atoms with Gasteiger partial charge >= 0.3 is 6.18 Å². The van der Waals surface area contributed by atoms with Crippen LogP contribution >= 0.6 is 0 Å². The quantitative estimate of drug-likeness (QED) is 0.887. The highest BCUT2D eigenvalue weighted by Gasteiger charge is 2.47. The van der Waals surface area contributed by atoms with Crippen LogP contribution in [0.1, 0.15) is 31.2 Å². The van der Waals surface area contributed by atoms with Gasteiger partial charge in [0.05, 0.1) is 17.8 Å². The molecule has 3 rings (SSSR count). The molecule has 1 aromatic rings. The Labute approximate surface area is 137 Å². The first-order valence-electron chi connectivity index (χ1n) is 7.83. The number of benzene rings is 1. The van der Waals surface area contributed by atoms with Gasteiger partial charge < -0.3 is 10.2 Å². The van der Waals surface area contributed by atoms with Gasteiger partial charge in [0.25, 0.3) is 0 Å². The number of hydrogen-bond acceptors (Lipinski definition) is 3. The van der Waals surface area contributed by atoms with Gasteiger partial charge in [-0.1, -0.05) is 6.07 Å². The summed E-state index contributed by atoms with van der Waals surface area (Å²) in [6.07, 6.45) is -0.938. The van der Waals surface area contributed by atoms with Crippen molar-refractivity contribution in [1.29, 1.82) is 0 Å². The van der Waals surface area contributed by atoms with Crippen molar-refractivity contribution in [2.24, 2.45) is 0 Å². The molecule has 1 aliphatic heterocycles. The summed E-state index contributed by atoms with van der Waals surface area (Å²) in [7, 11) is 0. The third kappa shape index (κ3) is 3.24. The zero-order valence-corrected chi connectivity index (χ0v) is 12.9. The minimum absolute atomic E-state index is 0.0647. The van der Waals surface area contributed by atoms with Crippen LogP contribution in [-0.4, -0.2) is 35.5 Å². The van der Waals surface area contributed by atoms with Gasteiger partial charge in [-0.3, -0.25) is 14.9 Å². The van der Waals surface area contributed by atoms with Gasteiger partial charge in [0.2, 0.25) is 11.8 Å². The molecule has 1 heterocycles. The fourth-order valence-electron chi connectivity index (χ4n) is 3.43. The van der Waals surface area contributed by atoms with E-state index in [1.165, 1.54) is 17.0 Å². The number of nitrogens with one attached hydrogen (secondary N) is 2. The van der Waals surface area contributed by atoms with Gasteiger partial charge in [-0.15, -0.1) is 0 Å². The lowest BCUT2D eigenvalue weighted by atomic mass is 10.1. The number of carbonyl (C=O) groups is 2. The molecule has 5 nitrogen and oxygen atoms in total. The molecule has 8 heteroatoms. The molecule has 0 radical (unpaired) electrons. The molecule has 2 aliphatic rings. The molecule has 1 aliphatic carbocycles. The predicted molar refractivity (Wildman–Crippen MR) is 81.0 cm³/mol. The van der Waals surface area contributed by atoms with Crippen molar-refractivity contribution in [2.75, 3.05) is 18.4 Å². The molecule has 0 atom stereocenters. The van der Waals surface area contributed by atoms with E-state index >= 15 is 0 Å². The summed E-state index contributed by atoms with van der Waals surface area (Å²) >= 11 is 0. The van der Waals surface area contributed by atoms with E-state index in [4.69, 9.17) is 0 Å². The molecule has 2 amide bonds. The van der Waals surface area contributed by atoms with E-state index in [2.05, 4.69) is 10.6 Å². The van der Waals surface area contributed by atoms with Crippen LogP contribution in [0.15, 0.2) is 24.3 Å². The SMILES string of the molecule is O=C(CN1C(=O)CNC12CCCC2)Nc1cccc(C(F)(F)F)c1. The number of carbonyl (C=O) groups excluding carboxylic acids is 2. The first-order valence-corrected chi connectivity index (χ1v) is 7.83. The highest BCUT2D eigenvalue weighted by molar-refractivity contribution is 5.95. The van der Waals surface area contributed by atoms with Crippen LogP contribution in [0.4, 0.5) is 18.9 Å². The third-order valence-corrected chi connectivity index (χ3v) is 4.59. The first kappa shape index (κ1) is 16.8. The Morgan fingerprint density at radius 3 is 2.67 bits per heavy atom. The number of alkyl halides is 3. The highest BCUT2D eigenvalue weighted by atomic mass is 19.4. The summed E-state index contributed by atoms with van der Waals surface area (Å²) in [4.78, 5) is 25.8. The molecule has 1 saturated heterocycles. The minimum atomic E-state index is -4.47. The normalized spacial score (nSPS) is 20.0. The molecule has 0 unspecified atom stereocenters. The molecule has 130 valence electrons. The number of amides is 2. The zero-order chi connectivity index (χ0) is 17.4. The Hall–Kier alpha value is -2.09. The van der Waals surface area contributed by atoms with E-state index in [0.717, 1.165) is 37.8 Å². The van der Waals surface area contributed by atoms with E-state index in [0.29, 0.717) is 0 Å². The van der Waals surface area contributed by atoms with Crippen molar-refractivity contribution >= 4 is 17.5 Å². The lowest BCUT2D eigenvalue weighted by Gasteiger charge is -2.34. The maximum absolute atomic E-state index is 12.7. The summed E-state index contributed by atoms with van der Waals surface area (Å²) in [6, 6.07) is 4.45.